The minimum absolute atomic E-state index is 0.0150. The number of anilines is 1. The second-order valence-corrected chi connectivity index (χ2v) is 7.92. The number of aromatic nitrogens is 1. The number of thiazole rings is 1. The average Bonchev–Trinajstić information content (AvgIpc) is 3.16. The number of hydrogen-bond donors (Lipinski definition) is 1. The SMILES string of the molecule is O=C(NCC1CCN(c2nc3ccccc3s2)CC1)c1ccc([N+](=O)[O-])cc1. The van der Waals surface area contributed by atoms with E-state index in [0.717, 1.165) is 36.6 Å². The van der Waals surface area contributed by atoms with Gasteiger partial charge in [0.05, 0.1) is 15.1 Å². The minimum Gasteiger partial charge on any atom is -0.352 e. The molecule has 0 radical (unpaired) electrons. The molecule has 1 N–H and O–H groups in total. The van der Waals surface area contributed by atoms with Crippen LogP contribution < -0.4 is 10.2 Å². The lowest BCUT2D eigenvalue weighted by Gasteiger charge is -2.31. The zero-order chi connectivity index (χ0) is 19.5. The first kappa shape index (κ1) is 18.4. The molecule has 3 aromatic rings. The Kier molecular flexibility index (Phi) is 5.21. The highest BCUT2D eigenvalue weighted by Crippen LogP contribution is 2.31. The van der Waals surface area contributed by atoms with E-state index >= 15 is 0 Å². The van der Waals surface area contributed by atoms with E-state index in [1.54, 1.807) is 11.3 Å². The molecule has 1 fully saturated rings. The molecule has 8 heteroatoms. The summed E-state index contributed by atoms with van der Waals surface area (Å²) < 4.78 is 1.20. The molecule has 0 saturated carbocycles. The van der Waals surface area contributed by atoms with Gasteiger partial charge in [0.25, 0.3) is 11.6 Å². The van der Waals surface area contributed by atoms with Crippen LogP contribution in [0, 0.1) is 16.0 Å². The molecule has 1 aliphatic rings. The van der Waals surface area contributed by atoms with Crippen LogP contribution in [0.2, 0.25) is 0 Å². The molecule has 1 aromatic heterocycles. The van der Waals surface area contributed by atoms with Crippen molar-refractivity contribution in [3.63, 3.8) is 0 Å². The van der Waals surface area contributed by atoms with Crippen LogP contribution in [0.3, 0.4) is 0 Å². The number of rotatable bonds is 5. The third-order valence-electron chi connectivity index (χ3n) is 5.06. The van der Waals surface area contributed by atoms with Crippen LogP contribution in [0.25, 0.3) is 10.2 Å². The Morgan fingerprint density at radius 3 is 2.57 bits per heavy atom. The van der Waals surface area contributed by atoms with E-state index in [2.05, 4.69) is 16.3 Å². The Balaban J connectivity index is 1.28. The predicted molar refractivity (Wildman–Crippen MR) is 110 cm³/mol. The summed E-state index contributed by atoms with van der Waals surface area (Å²) in [5.41, 5.74) is 1.47. The van der Waals surface area contributed by atoms with Gasteiger partial charge in [0.15, 0.2) is 5.13 Å². The molecule has 0 unspecified atom stereocenters. The van der Waals surface area contributed by atoms with Crippen molar-refractivity contribution in [2.45, 2.75) is 12.8 Å². The normalized spacial score (nSPS) is 14.9. The average molecular weight is 396 g/mol. The Hall–Kier alpha value is -3.00. The molecule has 1 saturated heterocycles. The first-order valence-corrected chi connectivity index (χ1v) is 10.0. The number of carbonyl (C=O) groups is 1. The van der Waals surface area contributed by atoms with E-state index < -0.39 is 4.92 Å². The second-order valence-electron chi connectivity index (χ2n) is 6.91. The number of amides is 1. The van der Waals surface area contributed by atoms with Crippen molar-refractivity contribution in [3.05, 3.63) is 64.2 Å². The van der Waals surface area contributed by atoms with Crippen molar-refractivity contribution >= 4 is 38.3 Å². The fourth-order valence-corrected chi connectivity index (χ4v) is 4.41. The van der Waals surface area contributed by atoms with E-state index in [9.17, 15) is 14.9 Å². The lowest BCUT2D eigenvalue weighted by Crippen LogP contribution is -2.38. The highest BCUT2D eigenvalue weighted by Gasteiger charge is 2.22. The van der Waals surface area contributed by atoms with Crippen LogP contribution in [-0.4, -0.2) is 35.4 Å². The topological polar surface area (TPSA) is 88.4 Å². The minimum atomic E-state index is -0.471. The van der Waals surface area contributed by atoms with Gasteiger partial charge in [0.2, 0.25) is 0 Å². The largest absolute Gasteiger partial charge is 0.352 e. The Morgan fingerprint density at radius 1 is 1.18 bits per heavy atom. The van der Waals surface area contributed by atoms with Gasteiger partial charge in [-0.15, -0.1) is 0 Å². The molecule has 0 bridgehead atoms. The smallest absolute Gasteiger partial charge is 0.269 e. The molecule has 2 heterocycles. The van der Waals surface area contributed by atoms with Gasteiger partial charge in [-0.3, -0.25) is 14.9 Å². The van der Waals surface area contributed by atoms with Crippen LogP contribution in [0.4, 0.5) is 10.8 Å². The molecule has 7 nitrogen and oxygen atoms in total. The number of para-hydroxylation sites is 1. The van der Waals surface area contributed by atoms with Crippen LogP contribution in [0.5, 0.6) is 0 Å². The number of hydrogen-bond acceptors (Lipinski definition) is 6. The number of nitro benzene ring substituents is 1. The lowest BCUT2D eigenvalue weighted by atomic mass is 9.97. The van der Waals surface area contributed by atoms with Crippen LogP contribution in [0.15, 0.2) is 48.5 Å². The summed E-state index contributed by atoms with van der Waals surface area (Å²) in [4.78, 5) is 29.5. The lowest BCUT2D eigenvalue weighted by molar-refractivity contribution is -0.384. The molecule has 28 heavy (non-hydrogen) atoms. The molecule has 0 atom stereocenters. The third kappa shape index (κ3) is 3.96. The van der Waals surface area contributed by atoms with Crippen molar-refractivity contribution in [1.29, 1.82) is 0 Å². The first-order valence-electron chi connectivity index (χ1n) is 9.23. The van der Waals surface area contributed by atoms with Crippen molar-refractivity contribution in [1.82, 2.24) is 10.3 Å². The number of non-ortho nitro benzene ring substituents is 1. The van der Waals surface area contributed by atoms with E-state index in [1.165, 1.54) is 29.0 Å². The predicted octanol–water partition coefficient (Wildman–Crippen LogP) is 3.85. The summed E-state index contributed by atoms with van der Waals surface area (Å²) in [6.45, 7) is 2.47. The molecule has 0 aliphatic carbocycles. The van der Waals surface area contributed by atoms with Gasteiger partial charge in [-0.25, -0.2) is 4.98 Å². The molecule has 144 valence electrons. The Morgan fingerprint density at radius 2 is 1.89 bits per heavy atom. The summed E-state index contributed by atoms with van der Waals surface area (Å²) in [6, 6.07) is 13.9. The van der Waals surface area contributed by atoms with Crippen molar-refractivity contribution in [3.8, 4) is 0 Å². The fourth-order valence-electron chi connectivity index (χ4n) is 3.40. The molecule has 1 aliphatic heterocycles. The maximum absolute atomic E-state index is 12.3. The highest BCUT2D eigenvalue weighted by atomic mass is 32.1. The standard InChI is InChI=1S/C20H20N4O3S/c25-19(15-5-7-16(8-6-15)24(26)27)21-13-14-9-11-23(12-10-14)20-22-17-3-1-2-4-18(17)28-20/h1-8,14H,9-13H2,(H,21,25). The number of nitro groups is 1. The zero-order valence-electron chi connectivity index (χ0n) is 15.2. The van der Waals surface area contributed by atoms with Gasteiger partial charge in [-0.2, -0.15) is 0 Å². The number of fused-ring (bicyclic) bond motifs is 1. The van der Waals surface area contributed by atoms with Gasteiger partial charge < -0.3 is 10.2 Å². The van der Waals surface area contributed by atoms with Crippen LogP contribution >= 0.6 is 11.3 Å². The van der Waals surface area contributed by atoms with Crippen LogP contribution in [-0.2, 0) is 0 Å². The Labute approximate surface area is 166 Å². The quantitative estimate of drug-likeness (QED) is 0.523. The van der Waals surface area contributed by atoms with E-state index in [-0.39, 0.29) is 11.6 Å². The van der Waals surface area contributed by atoms with Gasteiger partial charge in [0.1, 0.15) is 0 Å². The monoisotopic (exact) mass is 396 g/mol. The van der Waals surface area contributed by atoms with Crippen LogP contribution in [0.1, 0.15) is 23.2 Å². The first-order chi connectivity index (χ1) is 13.6. The van der Waals surface area contributed by atoms with E-state index in [4.69, 9.17) is 4.98 Å². The summed E-state index contributed by atoms with van der Waals surface area (Å²) in [5, 5.41) is 14.7. The molecule has 1 amide bonds. The summed E-state index contributed by atoms with van der Waals surface area (Å²) in [6.07, 6.45) is 1.99. The van der Waals surface area contributed by atoms with Crippen molar-refractivity contribution < 1.29 is 9.72 Å². The number of carbonyl (C=O) groups excluding carboxylic acids is 1. The fraction of sp³-hybridized carbons (Fsp3) is 0.300. The number of nitrogens with one attached hydrogen (secondary N) is 1. The van der Waals surface area contributed by atoms with Crippen molar-refractivity contribution in [2.24, 2.45) is 5.92 Å². The molecule has 4 rings (SSSR count). The highest BCUT2D eigenvalue weighted by molar-refractivity contribution is 7.22. The number of piperidine rings is 1. The number of nitrogens with zero attached hydrogens (tertiary/aromatic N) is 3. The van der Waals surface area contributed by atoms with Crippen molar-refractivity contribution in [2.75, 3.05) is 24.5 Å². The maximum Gasteiger partial charge on any atom is 0.269 e. The molecule has 2 aromatic carbocycles. The number of benzene rings is 2. The van der Waals surface area contributed by atoms with Gasteiger partial charge in [-0.1, -0.05) is 23.5 Å². The van der Waals surface area contributed by atoms with Gasteiger partial charge >= 0.3 is 0 Å². The summed E-state index contributed by atoms with van der Waals surface area (Å²) in [7, 11) is 0. The van der Waals surface area contributed by atoms with Gasteiger partial charge in [0, 0.05) is 37.3 Å². The van der Waals surface area contributed by atoms with E-state index in [1.807, 2.05) is 18.2 Å². The maximum atomic E-state index is 12.3. The zero-order valence-corrected chi connectivity index (χ0v) is 16.0. The van der Waals surface area contributed by atoms with Gasteiger partial charge in [-0.05, 0) is 43.0 Å². The summed E-state index contributed by atoms with van der Waals surface area (Å²) in [5.74, 6) is 0.233. The Bertz CT molecular complexity index is 961. The molecular weight excluding hydrogens is 376 g/mol. The summed E-state index contributed by atoms with van der Waals surface area (Å²) >= 11 is 1.72. The molecule has 0 spiro atoms. The second kappa shape index (κ2) is 7.93. The molecular formula is C20H20N4O3S. The van der Waals surface area contributed by atoms with E-state index in [0.29, 0.717) is 18.0 Å². The third-order valence-corrected chi connectivity index (χ3v) is 6.16.